The van der Waals surface area contributed by atoms with Crippen LogP contribution in [0.2, 0.25) is 0 Å². The molecule has 2 heterocycles. The number of hydrogen-bond donors (Lipinski definition) is 0. The second kappa shape index (κ2) is 7.53. The molecule has 0 bridgehead atoms. The first-order valence-corrected chi connectivity index (χ1v) is 8.86. The number of allylic oxidation sites excluding steroid dienone is 2. The van der Waals surface area contributed by atoms with Crippen LogP contribution < -0.4 is 0 Å². The number of aromatic nitrogens is 2. The van der Waals surface area contributed by atoms with Gasteiger partial charge < -0.3 is 4.90 Å². The molecule has 1 aliphatic heterocycles. The summed E-state index contributed by atoms with van der Waals surface area (Å²) in [6, 6.07) is 10.2. The summed E-state index contributed by atoms with van der Waals surface area (Å²) in [7, 11) is 0. The predicted octanol–water partition coefficient (Wildman–Crippen LogP) is 4.31. The van der Waals surface area contributed by atoms with E-state index in [0.29, 0.717) is 12.5 Å². The van der Waals surface area contributed by atoms with E-state index in [1.165, 1.54) is 0 Å². The molecule has 0 spiro atoms. The SMILES string of the molecule is CC(C)c1nc(C=O)n(CN2C=CC=CC2)c1Sc1ccccc1. The summed E-state index contributed by atoms with van der Waals surface area (Å²) < 4.78 is 2.02. The molecular weight excluding hydrogens is 318 g/mol. The Labute approximate surface area is 146 Å². The summed E-state index contributed by atoms with van der Waals surface area (Å²) in [4.78, 5) is 19.5. The second-order valence-electron chi connectivity index (χ2n) is 5.96. The minimum absolute atomic E-state index is 0.257. The van der Waals surface area contributed by atoms with Crippen LogP contribution in [0.25, 0.3) is 0 Å². The molecule has 1 aromatic heterocycles. The molecule has 1 aliphatic rings. The summed E-state index contributed by atoms with van der Waals surface area (Å²) in [6.45, 7) is 5.67. The highest BCUT2D eigenvalue weighted by Gasteiger charge is 2.21. The highest BCUT2D eigenvalue weighted by molar-refractivity contribution is 7.99. The zero-order valence-electron chi connectivity index (χ0n) is 13.9. The minimum Gasteiger partial charge on any atom is -0.356 e. The van der Waals surface area contributed by atoms with Gasteiger partial charge >= 0.3 is 0 Å². The van der Waals surface area contributed by atoms with Crippen molar-refractivity contribution in [3.63, 3.8) is 0 Å². The van der Waals surface area contributed by atoms with Crippen molar-refractivity contribution in [1.29, 1.82) is 0 Å². The van der Waals surface area contributed by atoms with E-state index < -0.39 is 0 Å². The van der Waals surface area contributed by atoms with E-state index in [1.807, 2.05) is 41.1 Å². The lowest BCUT2D eigenvalue weighted by Gasteiger charge is -2.23. The number of hydrogen-bond acceptors (Lipinski definition) is 4. The number of imidazole rings is 1. The maximum atomic E-state index is 11.6. The Morgan fingerprint density at radius 1 is 1.25 bits per heavy atom. The van der Waals surface area contributed by atoms with Crippen molar-refractivity contribution in [1.82, 2.24) is 14.5 Å². The minimum atomic E-state index is 0.257. The second-order valence-corrected chi connectivity index (χ2v) is 7.02. The Kier molecular flexibility index (Phi) is 5.20. The van der Waals surface area contributed by atoms with Crippen LogP contribution in [-0.2, 0) is 6.67 Å². The van der Waals surface area contributed by atoms with Crippen molar-refractivity contribution in [2.45, 2.75) is 36.4 Å². The van der Waals surface area contributed by atoms with Crippen LogP contribution in [0, 0.1) is 0 Å². The van der Waals surface area contributed by atoms with Crippen molar-refractivity contribution < 1.29 is 4.79 Å². The van der Waals surface area contributed by atoms with Crippen molar-refractivity contribution in [3.8, 4) is 0 Å². The first kappa shape index (κ1) is 16.6. The lowest BCUT2D eigenvalue weighted by molar-refractivity contribution is 0.110. The normalized spacial score (nSPS) is 13.7. The molecule has 0 saturated carbocycles. The molecule has 1 aromatic carbocycles. The molecule has 2 aromatic rings. The van der Waals surface area contributed by atoms with Crippen LogP contribution in [0.5, 0.6) is 0 Å². The quantitative estimate of drug-likeness (QED) is 0.735. The van der Waals surface area contributed by atoms with E-state index in [9.17, 15) is 4.79 Å². The fourth-order valence-electron chi connectivity index (χ4n) is 2.58. The van der Waals surface area contributed by atoms with Gasteiger partial charge in [-0.2, -0.15) is 0 Å². The maximum Gasteiger partial charge on any atom is 0.185 e. The van der Waals surface area contributed by atoms with E-state index in [4.69, 9.17) is 0 Å². The third-order valence-electron chi connectivity index (χ3n) is 3.79. The average molecular weight is 339 g/mol. The van der Waals surface area contributed by atoms with Crippen molar-refractivity contribution in [2.75, 3.05) is 6.54 Å². The Morgan fingerprint density at radius 3 is 2.67 bits per heavy atom. The molecule has 0 amide bonds. The Morgan fingerprint density at radius 2 is 2.04 bits per heavy atom. The number of aldehydes is 1. The van der Waals surface area contributed by atoms with Crippen molar-refractivity contribution >= 4 is 18.0 Å². The summed E-state index contributed by atoms with van der Waals surface area (Å²) >= 11 is 1.67. The number of nitrogens with zero attached hydrogens (tertiary/aromatic N) is 3. The fourth-order valence-corrected chi connectivity index (χ4v) is 3.74. The average Bonchev–Trinajstić information content (AvgIpc) is 2.94. The molecule has 0 saturated heterocycles. The van der Waals surface area contributed by atoms with E-state index >= 15 is 0 Å². The van der Waals surface area contributed by atoms with E-state index in [0.717, 1.165) is 28.4 Å². The fraction of sp³-hybridized carbons (Fsp3) is 0.263. The van der Waals surface area contributed by atoms with Gasteiger partial charge in [-0.15, -0.1) is 0 Å². The van der Waals surface area contributed by atoms with Gasteiger partial charge in [0.2, 0.25) is 0 Å². The Hall–Kier alpha value is -2.27. The molecule has 4 nitrogen and oxygen atoms in total. The Bertz CT molecular complexity index is 762. The van der Waals surface area contributed by atoms with Crippen LogP contribution in [0.15, 0.2) is 64.7 Å². The van der Waals surface area contributed by atoms with E-state index in [2.05, 4.69) is 41.9 Å². The molecule has 0 aliphatic carbocycles. The van der Waals surface area contributed by atoms with Gasteiger partial charge in [-0.25, -0.2) is 4.98 Å². The van der Waals surface area contributed by atoms with Gasteiger partial charge in [0.15, 0.2) is 12.1 Å². The van der Waals surface area contributed by atoms with Crippen LogP contribution in [0.1, 0.15) is 36.1 Å². The molecule has 124 valence electrons. The van der Waals surface area contributed by atoms with Crippen LogP contribution in [-0.4, -0.2) is 27.3 Å². The zero-order chi connectivity index (χ0) is 16.9. The molecule has 3 rings (SSSR count). The molecule has 5 heteroatoms. The molecule has 0 N–H and O–H groups in total. The lowest BCUT2D eigenvalue weighted by Crippen LogP contribution is -2.24. The third-order valence-corrected chi connectivity index (χ3v) is 4.92. The maximum absolute atomic E-state index is 11.6. The molecule has 0 unspecified atom stereocenters. The molecule has 0 fully saturated rings. The number of carbonyl (C=O) groups excluding carboxylic acids is 1. The first-order chi connectivity index (χ1) is 11.7. The highest BCUT2D eigenvalue weighted by Crippen LogP contribution is 2.34. The largest absolute Gasteiger partial charge is 0.356 e. The van der Waals surface area contributed by atoms with Crippen LogP contribution in [0.4, 0.5) is 0 Å². The summed E-state index contributed by atoms with van der Waals surface area (Å²) in [6.07, 6.45) is 9.04. The highest BCUT2D eigenvalue weighted by atomic mass is 32.2. The van der Waals surface area contributed by atoms with Gasteiger partial charge in [-0.3, -0.25) is 9.36 Å². The molecule has 0 atom stereocenters. The zero-order valence-corrected chi connectivity index (χ0v) is 14.7. The van der Waals surface area contributed by atoms with E-state index in [1.54, 1.807) is 11.8 Å². The number of rotatable bonds is 6. The summed E-state index contributed by atoms with van der Waals surface area (Å²) in [5.74, 6) is 0.744. The molecular formula is C19H21N3OS. The van der Waals surface area contributed by atoms with Crippen LogP contribution in [0.3, 0.4) is 0 Å². The smallest absolute Gasteiger partial charge is 0.185 e. The standard InChI is InChI=1S/C19H21N3OS/c1-15(2)18-19(24-16-9-5-3-6-10-16)22(17(13-23)20-18)14-21-11-7-4-8-12-21/h3-11,13,15H,12,14H2,1-2H3. The number of carbonyl (C=O) groups is 1. The van der Waals surface area contributed by atoms with Crippen molar-refractivity contribution in [2.24, 2.45) is 0 Å². The van der Waals surface area contributed by atoms with Gasteiger partial charge in [0, 0.05) is 17.6 Å². The topological polar surface area (TPSA) is 38.1 Å². The van der Waals surface area contributed by atoms with Gasteiger partial charge in [0.25, 0.3) is 0 Å². The van der Waals surface area contributed by atoms with Gasteiger partial charge in [-0.05, 0) is 24.1 Å². The summed E-state index contributed by atoms with van der Waals surface area (Å²) in [5, 5.41) is 1.04. The summed E-state index contributed by atoms with van der Waals surface area (Å²) in [5.41, 5.74) is 0.975. The monoisotopic (exact) mass is 339 g/mol. The van der Waals surface area contributed by atoms with Gasteiger partial charge in [0.1, 0.15) is 5.03 Å². The number of benzene rings is 1. The predicted molar refractivity (Wildman–Crippen MR) is 97.3 cm³/mol. The lowest BCUT2D eigenvalue weighted by atomic mass is 10.1. The molecule has 0 radical (unpaired) electrons. The van der Waals surface area contributed by atoms with Crippen molar-refractivity contribution in [3.05, 3.63) is 66.3 Å². The molecule has 24 heavy (non-hydrogen) atoms. The van der Waals surface area contributed by atoms with Gasteiger partial charge in [0.05, 0.1) is 12.4 Å². The van der Waals surface area contributed by atoms with Crippen LogP contribution >= 0.6 is 11.8 Å². The first-order valence-electron chi connectivity index (χ1n) is 8.05. The van der Waals surface area contributed by atoms with Gasteiger partial charge in [-0.1, -0.05) is 56.0 Å². The third kappa shape index (κ3) is 3.62. The Balaban J connectivity index is 1.99. The van der Waals surface area contributed by atoms with E-state index in [-0.39, 0.29) is 5.92 Å².